The van der Waals surface area contributed by atoms with Gasteiger partial charge in [-0.25, -0.2) is 4.68 Å². The molecule has 0 fully saturated rings. The van der Waals surface area contributed by atoms with Crippen molar-refractivity contribution >= 4 is 23.2 Å². The summed E-state index contributed by atoms with van der Waals surface area (Å²) in [5, 5.41) is 5.93. The zero-order chi connectivity index (χ0) is 20.4. The van der Waals surface area contributed by atoms with Gasteiger partial charge in [0.15, 0.2) is 0 Å². The minimum Gasteiger partial charge on any atom is -0.497 e. The van der Waals surface area contributed by atoms with Gasteiger partial charge in [0.1, 0.15) is 11.5 Å². The highest BCUT2D eigenvalue weighted by Gasteiger charge is 2.15. The van der Waals surface area contributed by atoms with E-state index in [1.165, 1.54) is 0 Å². The maximum atomic E-state index is 6.48. The van der Waals surface area contributed by atoms with Crippen LogP contribution in [-0.4, -0.2) is 24.0 Å². The lowest BCUT2D eigenvalue weighted by Crippen LogP contribution is -2.00. The molecule has 3 aromatic carbocycles. The van der Waals surface area contributed by atoms with E-state index < -0.39 is 0 Å². The van der Waals surface area contributed by atoms with E-state index in [1.54, 1.807) is 26.4 Å². The standard InChI is InChI=1S/C23H18Cl2N2O2/c1-28-18-8-3-15(4-9-18)21-14-23(16-5-10-19(29-2)11-6-16)27(26-21)22-12-7-17(24)13-20(22)25/h3-14H,1-2H3. The molecule has 0 saturated heterocycles. The predicted molar refractivity (Wildman–Crippen MR) is 118 cm³/mol. The Hall–Kier alpha value is -2.95. The number of hydrogen-bond donors (Lipinski definition) is 0. The molecule has 0 aliphatic heterocycles. The Kier molecular flexibility index (Phi) is 5.47. The molecule has 0 unspecified atom stereocenters. The molecule has 0 saturated carbocycles. The molecule has 1 heterocycles. The number of hydrogen-bond acceptors (Lipinski definition) is 3. The van der Waals surface area contributed by atoms with Gasteiger partial charge in [-0.2, -0.15) is 5.10 Å². The van der Waals surface area contributed by atoms with Gasteiger partial charge in [0.05, 0.1) is 36.3 Å². The molecule has 6 heteroatoms. The van der Waals surface area contributed by atoms with Crippen LogP contribution in [0.5, 0.6) is 11.5 Å². The van der Waals surface area contributed by atoms with Gasteiger partial charge < -0.3 is 9.47 Å². The van der Waals surface area contributed by atoms with Crippen LogP contribution in [0, 0.1) is 0 Å². The lowest BCUT2D eigenvalue weighted by atomic mass is 10.1. The molecule has 1 aromatic heterocycles. The van der Waals surface area contributed by atoms with Gasteiger partial charge in [0.25, 0.3) is 0 Å². The molecule has 0 bridgehead atoms. The third-order valence-electron chi connectivity index (χ3n) is 4.62. The summed E-state index contributed by atoms with van der Waals surface area (Å²) in [6.07, 6.45) is 0. The average Bonchev–Trinajstić information content (AvgIpc) is 3.19. The van der Waals surface area contributed by atoms with E-state index in [9.17, 15) is 0 Å². The SMILES string of the molecule is COc1ccc(-c2cc(-c3ccc(OC)cc3)n(-c3ccc(Cl)cc3Cl)n2)cc1. The first-order valence-electron chi connectivity index (χ1n) is 8.93. The van der Waals surface area contributed by atoms with Gasteiger partial charge in [0, 0.05) is 16.1 Å². The molecule has 146 valence electrons. The fourth-order valence-corrected chi connectivity index (χ4v) is 3.58. The van der Waals surface area contributed by atoms with Gasteiger partial charge >= 0.3 is 0 Å². The molecule has 0 aliphatic rings. The highest BCUT2D eigenvalue weighted by atomic mass is 35.5. The molecule has 4 rings (SSSR count). The summed E-state index contributed by atoms with van der Waals surface area (Å²) >= 11 is 12.6. The summed E-state index contributed by atoms with van der Waals surface area (Å²) in [5.41, 5.74) is 4.45. The normalized spacial score (nSPS) is 10.8. The van der Waals surface area contributed by atoms with Gasteiger partial charge in [-0.05, 0) is 72.8 Å². The summed E-state index contributed by atoms with van der Waals surface area (Å²) < 4.78 is 12.4. The molecule has 29 heavy (non-hydrogen) atoms. The van der Waals surface area contributed by atoms with Crippen molar-refractivity contribution in [2.24, 2.45) is 0 Å². The van der Waals surface area contributed by atoms with E-state index >= 15 is 0 Å². The summed E-state index contributed by atoms with van der Waals surface area (Å²) in [5.74, 6) is 1.59. The third-order valence-corrected chi connectivity index (χ3v) is 5.16. The van der Waals surface area contributed by atoms with Crippen molar-refractivity contribution in [1.29, 1.82) is 0 Å². The van der Waals surface area contributed by atoms with Crippen LogP contribution in [0.15, 0.2) is 72.8 Å². The molecular formula is C23H18Cl2N2O2. The first-order chi connectivity index (χ1) is 14.1. The van der Waals surface area contributed by atoms with Crippen LogP contribution in [0.3, 0.4) is 0 Å². The van der Waals surface area contributed by atoms with E-state index in [0.29, 0.717) is 10.0 Å². The molecule has 0 radical (unpaired) electrons. The Morgan fingerprint density at radius 3 is 1.86 bits per heavy atom. The van der Waals surface area contributed by atoms with Crippen molar-refractivity contribution in [3.63, 3.8) is 0 Å². The maximum absolute atomic E-state index is 6.48. The first kappa shape index (κ1) is 19.4. The van der Waals surface area contributed by atoms with Crippen LogP contribution in [-0.2, 0) is 0 Å². The van der Waals surface area contributed by atoms with Crippen molar-refractivity contribution in [3.05, 3.63) is 82.8 Å². The number of nitrogens with zero attached hydrogens (tertiary/aromatic N) is 2. The molecule has 0 amide bonds. The number of rotatable bonds is 5. The molecule has 0 spiro atoms. The van der Waals surface area contributed by atoms with Gasteiger partial charge in [0.2, 0.25) is 0 Å². The van der Waals surface area contributed by atoms with Crippen LogP contribution < -0.4 is 9.47 Å². The van der Waals surface area contributed by atoms with Crippen molar-refractivity contribution in [2.75, 3.05) is 14.2 Å². The zero-order valence-corrected chi connectivity index (χ0v) is 17.4. The third kappa shape index (κ3) is 3.95. The van der Waals surface area contributed by atoms with E-state index in [1.807, 2.05) is 65.3 Å². The lowest BCUT2D eigenvalue weighted by molar-refractivity contribution is 0.414. The Balaban J connectivity index is 1.87. The predicted octanol–water partition coefficient (Wildman–Crippen LogP) is 6.53. The Morgan fingerprint density at radius 1 is 0.724 bits per heavy atom. The van der Waals surface area contributed by atoms with Crippen LogP contribution in [0.25, 0.3) is 28.2 Å². The summed E-state index contributed by atoms with van der Waals surface area (Å²) in [7, 11) is 3.29. The highest BCUT2D eigenvalue weighted by molar-refractivity contribution is 6.35. The molecular weight excluding hydrogens is 407 g/mol. The quantitative estimate of drug-likeness (QED) is 0.365. The van der Waals surface area contributed by atoms with Gasteiger partial charge in [-0.1, -0.05) is 23.2 Å². The fourth-order valence-electron chi connectivity index (χ4n) is 3.09. The second-order valence-electron chi connectivity index (χ2n) is 6.38. The second kappa shape index (κ2) is 8.19. The number of methoxy groups -OCH3 is 2. The topological polar surface area (TPSA) is 36.3 Å². The van der Waals surface area contributed by atoms with Crippen molar-refractivity contribution in [3.8, 4) is 39.7 Å². The smallest absolute Gasteiger partial charge is 0.118 e. The summed E-state index contributed by atoms with van der Waals surface area (Å²) in [6.45, 7) is 0. The molecule has 4 nitrogen and oxygen atoms in total. The van der Waals surface area contributed by atoms with Crippen molar-refractivity contribution in [2.45, 2.75) is 0 Å². The minimum absolute atomic E-state index is 0.525. The van der Waals surface area contributed by atoms with E-state index in [0.717, 1.165) is 39.7 Å². The van der Waals surface area contributed by atoms with Crippen LogP contribution in [0.1, 0.15) is 0 Å². The van der Waals surface area contributed by atoms with Crippen molar-refractivity contribution in [1.82, 2.24) is 9.78 Å². The Labute approximate surface area is 179 Å². The highest BCUT2D eigenvalue weighted by Crippen LogP contribution is 2.33. The first-order valence-corrected chi connectivity index (χ1v) is 9.69. The van der Waals surface area contributed by atoms with Gasteiger partial charge in [-0.3, -0.25) is 0 Å². The Morgan fingerprint density at radius 2 is 1.31 bits per heavy atom. The zero-order valence-electron chi connectivity index (χ0n) is 15.9. The molecule has 0 atom stereocenters. The number of aromatic nitrogens is 2. The van der Waals surface area contributed by atoms with Gasteiger partial charge in [-0.15, -0.1) is 0 Å². The summed E-state index contributed by atoms with van der Waals surface area (Å²) in [4.78, 5) is 0. The van der Waals surface area contributed by atoms with E-state index in [-0.39, 0.29) is 0 Å². The van der Waals surface area contributed by atoms with E-state index in [2.05, 4.69) is 0 Å². The van der Waals surface area contributed by atoms with Crippen molar-refractivity contribution < 1.29 is 9.47 Å². The van der Waals surface area contributed by atoms with E-state index in [4.69, 9.17) is 37.8 Å². The Bertz CT molecular complexity index is 1140. The van der Waals surface area contributed by atoms with Crippen LogP contribution in [0.2, 0.25) is 10.0 Å². The number of benzene rings is 3. The second-order valence-corrected chi connectivity index (χ2v) is 7.22. The number of ether oxygens (including phenoxy) is 2. The average molecular weight is 425 g/mol. The molecule has 4 aromatic rings. The number of halogens is 2. The largest absolute Gasteiger partial charge is 0.497 e. The monoisotopic (exact) mass is 424 g/mol. The fraction of sp³-hybridized carbons (Fsp3) is 0.0870. The maximum Gasteiger partial charge on any atom is 0.118 e. The molecule has 0 aliphatic carbocycles. The minimum atomic E-state index is 0.525. The molecule has 0 N–H and O–H groups in total. The summed E-state index contributed by atoms with van der Waals surface area (Å²) in [6, 6.07) is 23.0. The van der Waals surface area contributed by atoms with Crippen LogP contribution >= 0.6 is 23.2 Å². The van der Waals surface area contributed by atoms with Crippen LogP contribution in [0.4, 0.5) is 0 Å². The lowest BCUT2D eigenvalue weighted by Gasteiger charge is -2.10.